The molecule has 0 aliphatic carbocycles. The molecule has 0 bridgehead atoms. The predicted octanol–water partition coefficient (Wildman–Crippen LogP) is 4.79. The zero-order valence-electron chi connectivity index (χ0n) is 17.3. The number of benzene rings is 2. The van der Waals surface area contributed by atoms with E-state index < -0.39 is 5.92 Å². The van der Waals surface area contributed by atoms with Gasteiger partial charge in [-0.15, -0.1) is 0 Å². The van der Waals surface area contributed by atoms with Crippen molar-refractivity contribution in [2.24, 2.45) is 0 Å². The number of amides is 2. The van der Waals surface area contributed by atoms with Crippen molar-refractivity contribution in [3.05, 3.63) is 107 Å². The Morgan fingerprint density at radius 2 is 1.23 bits per heavy atom. The molecule has 156 valence electrons. The number of allylic oxidation sites excluding steroid dienone is 2. The largest absolute Gasteiger partial charge is 0.468 e. The van der Waals surface area contributed by atoms with Gasteiger partial charge in [0.25, 0.3) is 11.8 Å². The molecule has 0 radical (unpaired) electrons. The molecule has 1 aliphatic heterocycles. The van der Waals surface area contributed by atoms with Crippen LogP contribution in [0.2, 0.25) is 0 Å². The van der Waals surface area contributed by atoms with Crippen LogP contribution in [0.3, 0.4) is 0 Å². The van der Waals surface area contributed by atoms with Crippen molar-refractivity contribution in [3.8, 4) is 0 Å². The zero-order valence-corrected chi connectivity index (χ0v) is 17.3. The van der Waals surface area contributed by atoms with E-state index in [1.807, 2.05) is 74.5 Å². The maximum Gasteiger partial charge on any atom is 0.254 e. The van der Waals surface area contributed by atoms with Gasteiger partial charge in [-0.2, -0.15) is 0 Å². The van der Waals surface area contributed by atoms with Crippen LogP contribution in [0, 0.1) is 0 Å². The average molecular weight is 413 g/mol. The molecular formula is C25H23N3O3. The number of carbonyl (C=O) groups excluding carboxylic acids is 2. The number of hydrogen-bond donors (Lipinski definition) is 3. The lowest BCUT2D eigenvalue weighted by Crippen LogP contribution is -2.34. The van der Waals surface area contributed by atoms with Crippen LogP contribution >= 0.6 is 0 Å². The minimum absolute atomic E-state index is 0.296. The predicted molar refractivity (Wildman–Crippen MR) is 120 cm³/mol. The highest BCUT2D eigenvalue weighted by molar-refractivity contribution is 6.11. The molecule has 3 aromatic rings. The second kappa shape index (κ2) is 8.75. The molecule has 2 amide bonds. The molecular weight excluding hydrogens is 390 g/mol. The van der Waals surface area contributed by atoms with Crippen LogP contribution in [-0.2, 0) is 9.59 Å². The molecule has 2 heterocycles. The van der Waals surface area contributed by atoms with Crippen LogP contribution in [-0.4, -0.2) is 11.8 Å². The third-order valence-corrected chi connectivity index (χ3v) is 5.14. The highest BCUT2D eigenvalue weighted by atomic mass is 16.3. The normalized spacial score (nSPS) is 14.3. The third kappa shape index (κ3) is 4.28. The molecule has 6 heteroatoms. The smallest absolute Gasteiger partial charge is 0.254 e. The lowest BCUT2D eigenvalue weighted by molar-refractivity contribution is -0.113. The summed E-state index contributed by atoms with van der Waals surface area (Å²) in [6.45, 7) is 3.65. The molecule has 2 aromatic carbocycles. The summed E-state index contributed by atoms with van der Waals surface area (Å²) in [5.74, 6) is -0.717. The molecule has 0 saturated heterocycles. The summed E-state index contributed by atoms with van der Waals surface area (Å²) < 4.78 is 5.67. The Kier molecular flexibility index (Phi) is 5.71. The summed E-state index contributed by atoms with van der Waals surface area (Å²) >= 11 is 0. The van der Waals surface area contributed by atoms with Crippen LogP contribution in [0.1, 0.15) is 25.5 Å². The van der Waals surface area contributed by atoms with E-state index >= 15 is 0 Å². The van der Waals surface area contributed by atoms with Gasteiger partial charge < -0.3 is 20.4 Å². The Morgan fingerprint density at radius 1 is 0.742 bits per heavy atom. The number of rotatable bonds is 5. The van der Waals surface area contributed by atoms with Gasteiger partial charge in [-0.1, -0.05) is 36.4 Å². The Morgan fingerprint density at radius 3 is 1.65 bits per heavy atom. The fourth-order valence-corrected chi connectivity index (χ4v) is 3.78. The highest BCUT2D eigenvalue weighted by Gasteiger charge is 2.38. The lowest BCUT2D eigenvalue weighted by Gasteiger charge is -2.30. The van der Waals surface area contributed by atoms with E-state index in [1.165, 1.54) is 0 Å². The van der Waals surface area contributed by atoms with E-state index in [4.69, 9.17) is 4.42 Å². The number of para-hydroxylation sites is 2. The van der Waals surface area contributed by atoms with Crippen LogP contribution in [0.25, 0.3) is 0 Å². The second-order valence-corrected chi connectivity index (χ2v) is 7.29. The minimum atomic E-state index is -0.649. The van der Waals surface area contributed by atoms with Gasteiger partial charge in [0.15, 0.2) is 0 Å². The van der Waals surface area contributed by atoms with Crippen molar-refractivity contribution in [1.82, 2.24) is 5.32 Å². The summed E-state index contributed by atoms with van der Waals surface area (Å²) in [5.41, 5.74) is 3.55. The molecule has 31 heavy (non-hydrogen) atoms. The Balaban J connectivity index is 1.72. The fourth-order valence-electron chi connectivity index (χ4n) is 3.78. The third-order valence-electron chi connectivity index (χ3n) is 5.14. The second-order valence-electron chi connectivity index (χ2n) is 7.29. The van der Waals surface area contributed by atoms with Gasteiger partial charge in [0.05, 0.1) is 23.3 Å². The Labute approximate surface area is 180 Å². The molecule has 1 aromatic heterocycles. The Bertz CT molecular complexity index is 1070. The number of hydrogen-bond acceptors (Lipinski definition) is 4. The molecule has 0 fully saturated rings. The number of furan rings is 1. The first-order valence-corrected chi connectivity index (χ1v) is 9.99. The van der Waals surface area contributed by atoms with Crippen molar-refractivity contribution in [2.45, 2.75) is 19.8 Å². The quantitative estimate of drug-likeness (QED) is 0.561. The number of nitrogens with one attached hydrogen (secondary N) is 3. The van der Waals surface area contributed by atoms with Crippen molar-refractivity contribution in [2.75, 3.05) is 10.6 Å². The summed E-state index contributed by atoms with van der Waals surface area (Å²) in [7, 11) is 0. The molecule has 1 aliphatic rings. The topological polar surface area (TPSA) is 83.4 Å². The molecule has 0 saturated carbocycles. The van der Waals surface area contributed by atoms with E-state index in [9.17, 15) is 9.59 Å². The van der Waals surface area contributed by atoms with Gasteiger partial charge >= 0.3 is 0 Å². The van der Waals surface area contributed by atoms with Gasteiger partial charge in [-0.25, -0.2) is 0 Å². The van der Waals surface area contributed by atoms with Crippen molar-refractivity contribution in [3.63, 3.8) is 0 Å². The molecule has 6 nitrogen and oxygen atoms in total. The monoisotopic (exact) mass is 413 g/mol. The molecule has 0 atom stereocenters. The van der Waals surface area contributed by atoms with E-state index in [0.717, 1.165) is 0 Å². The van der Waals surface area contributed by atoms with Crippen molar-refractivity contribution < 1.29 is 14.0 Å². The van der Waals surface area contributed by atoms with Crippen molar-refractivity contribution in [1.29, 1.82) is 0 Å². The summed E-state index contributed by atoms with van der Waals surface area (Å²) in [5, 5.41) is 9.05. The first-order valence-electron chi connectivity index (χ1n) is 9.99. The van der Waals surface area contributed by atoms with E-state index in [0.29, 0.717) is 39.7 Å². The average Bonchev–Trinajstić information content (AvgIpc) is 3.29. The maximum atomic E-state index is 13.3. The van der Waals surface area contributed by atoms with Crippen molar-refractivity contribution >= 4 is 23.2 Å². The number of dihydropyridines is 1. The SMILES string of the molecule is CC1=C(C(=O)Nc2ccccc2)C(c2ccco2)C(C(=O)Nc2ccccc2)=C(C)N1. The molecule has 4 rings (SSSR count). The lowest BCUT2D eigenvalue weighted by atomic mass is 9.82. The minimum Gasteiger partial charge on any atom is -0.468 e. The zero-order chi connectivity index (χ0) is 21.8. The highest BCUT2D eigenvalue weighted by Crippen LogP contribution is 2.39. The van der Waals surface area contributed by atoms with Crippen LogP contribution in [0.4, 0.5) is 11.4 Å². The Hall–Kier alpha value is -4.06. The number of anilines is 2. The number of carbonyl (C=O) groups is 2. The van der Waals surface area contributed by atoms with Gasteiger partial charge in [0.1, 0.15) is 5.76 Å². The molecule has 0 unspecified atom stereocenters. The van der Waals surface area contributed by atoms with Gasteiger partial charge in [0, 0.05) is 22.8 Å². The molecule has 3 N–H and O–H groups in total. The summed E-state index contributed by atoms with van der Waals surface area (Å²) in [6, 6.07) is 22.0. The van der Waals surface area contributed by atoms with Crippen LogP contribution in [0.15, 0.2) is 106 Å². The van der Waals surface area contributed by atoms with E-state index in [2.05, 4.69) is 16.0 Å². The van der Waals surface area contributed by atoms with Crippen LogP contribution < -0.4 is 16.0 Å². The van der Waals surface area contributed by atoms with Gasteiger partial charge in [-0.05, 0) is 50.2 Å². The van der Waals surface area contributed by atoms with Gasteiger partial charge in [0.2, 0.25) is 0 Å². The summed E-state index contributed by atoms with van der Waals surface area (Å²) in [4.78, 5) is 26.6. The standard InChI is InChI=1S/C25H23N3O3/c1-16-21(24(29)27-18-10-5-3-6-11-18)23(20-14-9-15-31-20)22(17(2)26-16)25(30)28-19-12-7-4-8-13-19/h3-15,23,26H,1-2H3,(H,27,29)(H,28,30). The first kappa shape index (κ1) is 20.2. The maximum absolute atomic E-state index is 13.3. The van der Waals surface area contributed by atoms with Crippen LogP contribution in [0.5, 0.6) is 0 Å². The van der Waals surface area contributed by atoms with Gasteiger partial charge in [-0.3, -0.25) is 9.59 Å². The summed E-state index contributed by atoms with van der Waals surface area (Å²) in [6.07, 6.45) is 1.54. The molecule has 0 spiro atoms. The first-order chi connectivity index (χ1) is 15.0. The van der Waals surface area contributed by atoms with E-state index in [-0.39, 0.29) is 11.8 Å². The fraction of sp³-hybridized carbons (Fsp3) is 0.120. The van der Waals surface area contributed by atoms with E-state index in [1.54, 1.807) is 18.4 Å².